The average Bonchev–Trinajstić information content (AvgIpc) is 2.58. The van der Waals surface area contributed by atoms with Crippen molar-refractivity contribution in [3.8, 4) is 0 Å². The smallest absolute Gasteiger partial charge is 0.163 e. The van der Waals surface area contributed by atoms with Gasteiger partial charge in [0.15, 0.2) is 5.79 Å². The van der Waals surface area contributed by atoms with E-state index in [9.17, 15) is 0 Å². The summed E-state index contributed by atoms with van der Waals surface area (Å²) < 4.78 is 11.0. The summed E-state index contributed by atoms with van der Waals surface area (Å²) in [6, 6.07) is 0. The molecule has 5 heteroatoms. The largest absolute Gasteiger partial charge is 0.393 e. The maximum atomic E-state index is 5.88. The molecule has 2 aliphatic rings. The number of halogens is 1. The van der Waals surface area contributed by atoms with Gasteiger partial charge < -0.3 is 14.3 Å². The van der Waals surface area contributed by atoms with E-state index in [0.29, 0.717) is 19.6 Å². The zero-order valence-corrected chi connectivity index (χ0v) is 10.7. The summed E-state index contributed by atoms with van der Waals surface area (Å²) in [5.41, 5.74) is 0.815. The molecule has 0 radical (unpaired) electrons. The number of nitrogens with zero attached hydrogens (tertiary/aromatic N) is 1. The van der Waals surface area contributed by atoms with Crippen LogP contribution in [0.1, 0.15) is 20.3 Å². The number of rotatable bonds is 3. The Hall–Kier alpha value is -0.840. The Balaban J connectivity index is 1.75. The highest BCUT2D eigenvalue weighted by molar-refractivity contribution is 6.32. The Kier molecular flexibility index (Phi) is 3.86. The van der Waals surface area contributed by atoms with Crippen LogP contribution in [0.25, 0.3) is 0 Å². The predicted octanol–water partition coefficient (Wildman–Crippen LogP) is 2.59. The van der Waals surface area contributed by atoms with Crippen LogP contribution in [0, 0.1) is 0 Å². The summed E-state index contributed by atoms with van der Waals surface area (Å²) >= 11 is 5.88. The van der Waals surface area contributed by atoms with E-state index >= 15 is 0 Å². The van der Waals surface area contributed by atoms with E-state index in [1.807, 2.05) is 32.1 Å². The zero-order valence-electron chi connectivity index (χ0n) is 9.98. The molecule has 4 nitrogen and oxygen atoms in total. The molecule has 1 atom stereocenters. The first-order chi connectivity index (χ1) is 8.05. The van der Waals surface area contributed by atoms with Crippen molar-refractivity contribution in [2.75, 3.05) is 13.2 Å². The van der Waals surface area contributed by atoms with Gasteiger partial charge >= 0.3 is 0 Å². The number of ether oxygens (including phenoxy) is 2. The van der Waals surface area contributed by atoms with Gasteiger partial charge in [-0.2, -0.15) is 0 Å². The van der Waals surface area contributed by atoms with Crippen molar-refractivity contribution in [3.05, 3.63) is 23.3 Å². The van der Waals surface area contributed by atoms with E-state index in [0.717, 1.165) is 10.7 Å². The first kappa shape index (κ1) is 12.6. The molecule has 2 rings (SSSR count). The fourth-order valence-corrected chi connectivity index (χ4v) is 1.88. The van der Waals surface area contributed by atoms with Crippen molar-refractivity contribution in [1.82, 2.24) is 0 Å². The van der Waals surface area contributed by atoms with Crippen molar-refractivity contribution in [2.24, 2.45) is 5.16 Å². The quantitative estimate of drug-likeness (QED) is 0.730. The summed E-state index contributed by atoms with van der Waals surface area (Å²) in [7, 11) is 0. The predicted molar refractivity (Wildman–Crippen MR) is 66.0 cm³/mol. The van der Waals surface area contributed by atoms with Crippen molar-refractivity contribution in [1.29, 1.82) is 0 Å². The second kappa shape index (κ2) is 5.21. The zero-order chi connectivity index (χ0) is 12.3. The van der Waals surface area contributed by atoms with Gasteiger partial charge in [-0.25, -0.2) is 0 Å². The van der Waals surface area contributed by atoms with Gasteiger partial charge in [0, 0.05) is 11.5 Å². The monoisotopic (exact) mass is 257 g/mol. The molecule has 0 spiro atoms. The van der Waals surface area contributed by atoms with Gasteiger partial charge in [0.1, 0.15) is 12.7 Å². The van der Waals surface area contributed by atoms with Crippen molar-refractivity contribution < 1.29 is 14.3 Å². The molecule has 0 bridgehead atoms. The van der Waals surface area contributed by atoms with Crippen molar-refractivity contribution >= 4 is 17.3 Å². The fraction of sp³-hybridized carbons (Fsp3) is 0.583. The van der Waals surface area contributed by atoms with Crippen LogP contribution in [-0.4, -0.2) is 30.8 Å². The minimum absolute atomic E-state index is 0.0621. The molecular formula is C12H16ClNO3. The van der Waals surface area contributed by atoms with Gasteiger partial charge in [-0.1, -0.05) is 22.8 Å². The minimum atomic E-state index is -0.516. The normalized spacial score (nSPS) is 29.5. The summed E-state index contributed by atoms with van der Waals surface area (Å²) in [6.07, 6.45) is 6.13. The molecule has 1 fully saturated rings. The molecule has 0 N–H and O–H groups in total. The van der Waals surface area contributed by atoms with Gasteiger partial charge in [-0.15, -0.1) is 0 Å². The molecule has 0 aromatic carbocycles. The lowest BCUT2D eigenvalue weighted by Gasteiger charge is -2.16. The second-order valence-corrected chi connectivity index (χ2v) is 4.96. The third-order valence-corrected chi connectivity index (χ3v) is 2.68. The summed E-state index contributed by atoms with van der Waals surface area (Å²) in [6.45, 7) is 4.69. The van der Waals surface area contributed by atoms with E-state index in [2.05, 4.69) is 5.16 Å². The van der Waals surface area contributed by atoms with Gasteiger partial charge in [0.25, 0.3) is 0 Å². The Bertz CT molecular complexity index is 374. The minimum Gasteiger partial charge on any atom is -0.393 e. The van der Waals surface area contributed by atoms with Crippen LogP contribution >= 0.6 is 11.6 Å². The summed E-state index contributed by atoms with van der Waals surface area (Å²) in [4.78, 5) is 5.24. The van der Waals surface area contributed by atoms with Gasteiger partial charge in [0.05, 0.1) is 12.3 Å². The summed E-state index contributed by atoms with van der Waals surface area (Å²) in [5.74, 6) is -0.516. The topological polar surface area (TPSA) is 40.0 Å². The van der Waals surface area contributed by atoms with E-state index < -0.39 is 5.79 Å². The maximum Gasteiger partial charge on any atom is 0.163 e. The molecule has 0 aromatic heterocycles. The van der Waals surface area contributed by atoms with Crippen LogP contribution in [-0.2, 0) is 14.3 Å². The average molecular weight is 258 g/mol. The van der Waals surface area contributed by atoms with Crippen LogP contribution in [0.3, 0.4) is 0 Å². The Morgan fingerprint density at radius 2 is 2.41 bits per heavy atom. The molecule has 1 saturated heterocycles. The second-order valence-electron chi connectivity index (χ2n) is 4.48. The third kappa shape index (κ3) is 3.84. The van der Waals surface area contributed by atoms with Crippen LogP contribution in [0.4, 0.5) is 0 Å². The number of hydrogen-bond acceptors (Lipinski definition) is 4. The molecule has 1 aliphatic carbocycles. The molecule has 0 saturated carbocycles. The first-order valence-corrected chi connectivity index (χ1v) is 5.96. The molecule has 1 unspecified atom stereocenters. The lowest BCUT2D eigenvalue weighted by Crippen LogP contribution is -2.23. The highest BCUT2D eigenvalue weighted by Crippen LogP contribution is 2.22. The number of hydrogen-bond donors (Lipinski definition) is 0. The van der Waals surface area contributed by atoms with Crippen LogP contribution in [0.5, 0.6) is 0 Å². The van der Waals surface area contributed by atoms with Gasteiger partial charge in [0.2, 0.25) is 0 Å². The Morgan fingerprint density at radius 3 is 3.06 bits per heavy atom. The molecule has 0 aromatic rings. The Morgan fingerprint density at radius 1 is 1.59 bits per heavy atom. The van der Waals surface area contributed by atoms with E-state index in [1.165, 1.54) is 0 Å². The van der Waals surface area contributed by atoms with E-state index in [1.54, 1.807) is 0 Å². The lowest BCUT2D eigenvalue weighted by molar-refractivity contribution is -0.144. The fourth-order valence-electron chi connectivity index (χ4n) is 1.67. The van der Waals surface area contributed by atoms with Crippen LogP contribution in [0.2, 0.25) is 0 Å². The van der Waals surface area contributed by atoms with Crippen LogP contribution < -0.4 is 0 Å². The SMILES string of the molecule is CC1(C)OCC(CON=C2C=CC=C(Cl)C2)O1. The van der Waals surface area contributed by atoms with Crippen molar-refractivity contribution in [3.63, 3.8) is 0 Å². The molecule has 94 valence electrons. The molecule has 0 amide bonds. The van der Waals surface area contributed by atoms with Crippen molar-refractivity contribution in [2.45, 2.75) is 32.2 Å². The number of oxime groups is 1. The molecular weight excluding hydrogens is 242 g/mol. The molecule has 1 heterocycles. The van der Waals surface area contributed by atoms with E-state index in [4.69, 9.17) is 25.9 Å². The number of allylic oxidation sites excluding steroid dienone is 4. The van der Waals surface area contributed by atoms with Gasteiger partial charge in [-0.3, -0.25) is 0 Å². The highest BCUT2D eigenvalue weighted by Gasteiger charge is 2.33. The third-order valence-electron chi connectivity index (χ3n) is 2.43. The standard InChI is InChI=1S/C12H16ClNO3/c1-12(2)15-7-11(17-12)8-16-14-10-5-3-4-9(13)6-10/h3-5,11H,6-8H2,1-2H3. The van der Waals surface area contributed by atoms with Gasteiger partial charge in [-0.05, 0) is 26.0 Å². The highest BCUT2D eigenvalue weighted by atomic mass is 35.5. The molecule has 1 aliphatic heterocycles. The maximum absolute atomic E-state index is 5.88. The molecule has 17 heavy (non-hydrogen) atoms. The van der Waals surface area contributed by atoms with E-state index in [-0.39, 0.29) is 6.10 Å². The Labute approximate surface area is 106 Å². The summed E-state index contributed by atoms with van der Waals surface area (Å²) in [5, 5.41) is 4.77. The van der Waals surface area contributed by atoms with Crippen LogP contribution in [0.15, 0.2) is 28.4 Å². The lowest BCUT2D eigenvalue weighted by atomic mass is 10.1. The first-order valence-electron chi connectivity index (χ1n) is 5.58.